The maximum absolute atomic E-state index is 13.7. The molecule has 1 aliphatic carbocycles. The highest BCUT2D eigenvalue weighted by molar-refractivity contribution is 5.94. The molecule has 0 spiro atoms. The van der Waals surface area contributed by atoms with Crippen molar-refractivity contribution in [3.05, 3.63) is 35.1 Å². The first kappa shape index (κ1) is 12.1. The summed E-state index contributed by atoms with van der Waals surface area (Å²) in [5.74, 6) is -0.124. The van der Waals surface area contributed by atoms with E-state index in [1.165, 1.54) is 31.7 Å². The summed E-state index contributed by atoms with van der Waals surface area (Å²) in [4.78, 5) is 11.8. The van der Waals surface area contributed by atoms with Crippen LogP contribution in [-0.2, 0) is 0 Å². The van der Waals surface area contributed by atoms with Gasteiger partial charge in [-0.15, -0.1) is 0 Å². The summed E-state index contributed by atoms with van der Waals surface area (Å²) >= 11 is 0. The van der Waals surface area contributed by atoms with Gasteiger partial charge >= 0.3 is 0 Å². The first-order valence-electron chi connectivity index (χ1n) is 6.22. The normalized spacial score (nSPS) is 16.1. The molecule has 0 aliphatic heterocycles. The van der Waals surface area contributed by atoms with Gasteiger partial charge in [-0.1, -0.05) is 25.0 Å². The lowest BCUT2D eigenvalue weighted by Gasteiger charge is -2.11. The molecule has 2 nitrogen and oxygen atoms in total. The highest BCUT2D eigenvalue weighted by atomic mass is 19.1. The van der Waals surface area contributed by atoms with Gasteiger partial charge in [0.15, 0.2) is 0 Å². The van der Waals surface area contributed by atoms with E-state index >= 15 is 0 Å². The van der Waals surface area contributed by atoms with Crippen LogP contribution in [-0.4, -0.2) is 12.5 Å². The third-order valence-electron chi connectivity index (χ3n) is 3.46. The molecule has 1 N–H and O–H groups in total. The topological polar surface area (TPSA) is 29.1 Å². The second kappa shape index (κ2) is 5.30. The van der Waals surface area contributed by atoms with Gasteiger partial charge in [-0.2, -0.15) is 0 Å². The van der Waals surface area contributed by atoms with E-state index in [0.717, 1.165) is 0 Å². The van der Waals surface area contributed by atoms with Crippen molar-refractivity contribution in [2.75, 3.05) is 6.54 Å². The van der Waals surface area contributed by atoms with Crippen molar-refractivity contribution in [2.45, 2.75) is 32.6 Å². The number of nitrogens with one attached hydrogen (secondary N) is 1. The summed E-state index contributed by atoms with van der Waals surface area (Å²) in [6.07, 6.45) is 4.85. The zero-order valence-corrected chi connectivity index (χ0v) is 10.1. The van der Waals surface area contributed by atoms with Crippen LogP contribution in [0.4, 0.5) is 4.39 Å². The quantitative estimate of drug-likeness (QED) is 0.857. The smallest absolute Gasteiger partial charge is 0.254 e. The third-order valence-corrected chi connectivity index (χ3v) is 3.46. The van der Waals surface area contributed by atoms with E-state index in [2.05, 4.69) is 5.32 Å². The highest BCUT2D eigenvalue weighted by Crippen LogP contribution is 2.23. The van der Waals surface area contributed by atoms with Crippen molar-refractivity contribution < 1.29 is 9.18 Å². The molecule has 1 amide bonds. The fourth-order valence-electron chi connectivity index (χ4n) is 2.37. The van der Waals surface area contributed by atoms with E-state index in [0.29, 0.717) is 18.0 Å². The summed E-state index contributed by atoms with van der Waals surface area (Å²) in [7, 11) is 0. The molecule has 2 rings (SSSR count). The van der Waals surface area contributed by atoms with Crippen LogP contribution in [0.15, 0.2) is 18.2 Å². The van der Waals surface area contributed by atoms with Gasteiger partial charge in [-0.25, -0.2) is 4.39 Å². The van der Waals surface area contributed by atoms with Gasteiger partial charge in [0.1, 0.15) is 5.82 Å². The van der Waals surface area contributed by atoms with Crippen molar-refractivity contribution in [3.63, 3.8) is 0 Å². The molecule has 17 heavy (non-hydrogen) atoms. The summed E-state index contributed by atoms with van der Waals surface area (Å²) in [6, 6.07) is 4.91. The van der Waals surface area contributed by atoms with Crippen molar-refractivity contribution in [1.29, 1.82) is 0 Å². The maximum Gasteiger partial charge on any atom is 0.254 e. The molecule has 0 bridgehead atoms. The van der Waals surface area contributed by atoms with Crippen LogP contribution in [0.2, 0.25) is 0 Å². The van der Waals surface area contributed by atoms with E-state index in [4.69, 9.17) is 0 Å². The molecule has 0 aromatic heterocycles. The molecule has 0 unspecified atom stereocenters. The number of aryl methyl sites for hydroxylation is 1. The Morgan fingerprint density at radius 2 is 2.12 bits per heavy atom. The molecule has 1 aromatic rings. The van der Waals surface area contributed by atoms with Crippen molar-refractivity contribution >= 4 is 5.91 Å². The lowest BCUT2D eigenvalue weighted by atomic mass is 10.1. The molecule has 1 fully saturated rings. The lowest BCUT2D eigenvalue weighted by molar-refractivity contribution is 0.0943. The van der Waals surface area contributed by atoms with Gasteiger partial charge in [-0.05, 0) is 37.3 Å². The third kappa shape index (κ3) is 2.84. The molecule has 0 atom stereocenters. The number of halogens is 1. The van der Waals surface area contributed by atoms with Crippen molar-refractivity contribution in [3.8, 4) is 0 Å². The number of hydrogen-bond donors (Lipinski definition) is 1. The average Bonchev–Trinajstić information content (AvgIpc) is 2.82. The lowest BCUT2D eigenvalue weighted by Crippen LogP contribution is -2.29. The maximum atomic E-state index is 13.7. The van der Waals surface area contributed by atoms with Crippen LogP contribution < -0.4 is 5.32 Å². The predicted molar refractivity (Wildman–Crippen MR) is 65.4 cm³/mol. The van der Waals surface area contributed by atoms with Gasteiger partial charge in [0, 0.05) is 6.54 Å². The molecule has 1 saturated carbocycles. The van der Waals surface area contributed by atoms with Crippen molar-refractivity contribution in [1.82, 2.24) is 5.32 Å². The van der Waals surface area contributed by atoms with E-state index in [-0.39, 0.29) is 11.5 Å². The number of carbonyl (C=O) groups is 1. The van der Waals surface area contributed by atoms with Crippen LogP contribution in [0, 0.1) is 18.7 Å². The Labute approximate surface area is 101 Å². The fraction of sp³-hybridized carbons (Fsp3) is 0.500. The van der Waals surface area contributed by atoms with Gasteiger partial charge in [0.25, 0.3) is 5.91 Å². The van der Waals surface area contributed by atoms with Crippen LogP contribution in [0.3, 0.4) is 0 Å². The zero-order valence-electron chi connectivity index (χ0n) is 10.1. The van der Waals surface area contributed by atoms with Gasteiger partial charge in [-0.3, -0.25) is 4.79 Å². The fourth-order valence-corrected chi connectivity index (χ4v) is 2.37. The Morgan fingerprint density at radius 1 is 1.41 bits per heavy atom. The van der Waals surface area contributed by atoms with Crippen LogP contribution in [0.25, 0.3) is 0 Å². The Kier molecular flexibility index (Phi) is 3.77. The summed E-state index contributed by atoms with van der Waals surface area (Å²) in [6.45, 7) is 2.34. The minimum Gasteiger partial charge on any atom is -0.352 e. The SMILES string of the molecule is Cc1cccc(C(=O)NCC2CCCC2)c1F. The molecular weight excluding hydrogens is 217 g/mol. The van der Waals surface area contributed by atoms with E-state index in [9.17, 15) is 9.18 Å². The number of carbonyl (C=O) groups excluding carboxylic acids is 1. The number of rotatable bonds is 3. The predicted octanol–water partition coefficient (Wildman–Crippen LogP) is 3.05. The second-order valence-corrected chi connectivity index (χ2v) is 4.80. The molecule has 0 radical (unpaired) electrons. The van der Waals surface area contributed by atoms with Crippen LogP contribution in [0.1, 0.15) is 41.6 Å². The minimum atomic E-state index is -0.406. The molecule has 0 heterocycles. The minimum absolute atomic E-state index is 0.156. The molecule has 3 heteroatoms. The molecule has 1 aliphatic rings. The monoisotopic (exact) mass is 235 g/mol. The Balaban J connectivity index is 1.97. The summed E-state index contributed by atoms with van der Waals surface area (Å²) in [5.41, 5.74) is 0.668. The largest absolute Gasteiger partial charge is 0.352 e. The Morgan fingerprint density at radius 3 is 2.82 bits per heavy atom. The first-order chi connectivity index (χ1) is 8.18. The summed E-state index contributed by atoms with van der Waals surface area (Å²) < 4.78 is 13.7. The standard InChI is InChI=1S/C14H18FNO/c1-10-5-4-8-12(13(10)15)14(17)16-9-11-6-2-3-7-11/h4-5,8,11H,2-3,6-7,9H2,1H3,(H,16,17). The average molecular weight is 235 g/mol. The number of hydrogen-bond acceptors (Lipinski definition) is 1. The zero-order chi connectivity index (χ0) is 12.3. The van der Waals surface area contributed by atoms with E-state index < -0.39 is 5.82 Å². The van der Waals surface area contributed by atoms with Crippen LogP contribution >= 0.6 is 0 Å². The van der Waals surface area contributed by atoms with Crippen molar-refractivity contribution in [2.24, 2.45) is 5.92 Å². The first-order valence-corrected chi connectivity index (χ1v) is 6.22. The van der Waals surface area contributed by atoms with E-state index in [1.807, 2.05) is 0 Å². The molecule has 92 valence electrons. The molecule has 0 saturated heterocycles. The Hall–Kier alpha value is -1.38. The number of amides is 1. The summed E-state index contributed by atoms with van der Waals surface area (Å²) in [5, 5.41) is 2.83. The molecular formula is C14H18FNO. The van der Waals surface area contributed by atoms with Crippen LogP contribution in [0.5, 0.6) is 0 Å². The van der Waals surface area contributed by atoms with E-state index in [1.54, 1.807) is 19.1 Å². The van der Waals surface area contributed by atoms with Gasteiger partial charge in [0.2, 0.25) is 0 Å². The molecule has 1 aromatic carbocycles. The highest BCUT2D eigenvalue weighted by Gasteiger charge is 2.17. The second-order valence-electron chi connectivity index (χ2n) is 4.80. The Bertz CT molecular complexity index is 411. The van der Waals surface area contributed by atoms with Gasteiger partial charge in [0.05, 0.1) is 5.56 Å². The van der Waals surface area contributed by atoms with Gasteiger partial charge < -0.3 is 5.32 Å². The number of benzene rings is 1.